The minimum Gasteiger partial charge on any atom is -0.490 e. The number of likely N-dealkylation sites (N-methyl/N-ethyl adjacent to an activating group) is 2. The Balaban J connectivity index is 0.918. The second-order valence-corrected chi connectivity index (χ2v) is 33.7. The molecule has 1 aromatic heterocycles. The maximum Gasteiger partial charge on any atom is 0.326 e. The molecule has 0 unspecified atom stereocenters. The molecule has 0 spiro atoms. The van der Waals surface area contributed by atoms with Gasteiger partial charge in [-0.05, 0) is 121 Å². The zero-order valence-electron chi connectivity index (χ0n) is 64.8. The lowest BCUT2D eigenvalue weighted by Crippen LogP contribution is -2.62. The molecule has 0 radical (unpaired) electrons. The van der Waals surface area contributed by atoms with Crippen LogP contribution in [0.15, 0.2) is 134 Å². The molecule has 6 aromatic rings. The molecule has 112 heavy (non-hydrogen) atoms. The largest absolute Gasteiger partial charge is 0.490 e. The number of rotatable bonds is 14. The summed E-state index contributed by atoms with van der Waals surface area (Å²) in [7, 11) is -0.932. The molecule has 1 saturated carbocycles. The fourth-order valence-electron chi connectivity index (χ4n) is 14.3. The first-order valence-corrected chi connectivity index (χ1v) is 39.5. The Morgan fingerprint density at radius 3 is 1.79 bits per heavy atom. The molecule has 8 aliphatic rings. The summed E-state index contributed by atoms with van der Waals surface area (Å²) in [6.07, 6.45) is 4.36. The van der Waals surface area contributed by atoms with Gasteiger partial charge in [0.15, 0.2) is 0 Å². The molecule has 9 amide bonds. The van der Waals surface area contributed by atoms with Crippen molar-refractivity contribution >= 4 is 79.9 Å². The van der Waals surface area contributed by atoms with Crippen LogP contribution in [-0.4, -0.2) is 215 Å². The van der Waals surface area contributed by atoms with Crippen LogP contribution in [0, 0.1) is 10.8 Å². The SMILES string of the molecule is CN[C@@H](C)C(=O)N[C@@H](C(=O)N1C[C@@H]2C[C@H]1C(=O)N1Cc3ccccc3C[C@H]1C(=O)N[C@H](C(=O)NS(=O)(=O)C1CC1)Cc1ccc(cc1)OCc1cn(nn1)[C@H]1C[C@@H](C(=O)N[C@@H](Cc3ccc4ccccc4c3)C(=O)N[C@H](C(=O)O)Cc3ccc(cc3)OC/C=C\CO2)N(C(=O)[C@@H](NC(=O)[C@@H](C)NC)C(C)(C)C)C1)C(C)(C)C. The summed E-state index contributed by atoms with van der Waals surface area (Å²) in [5, 5.41) is 40.6. The van der Waals surface area contributed by atoms with Gasteiger partial charge in [-0.3, -0.25) is 47.9 Å². The summed E-state index contributed by atoms with van der Waals surface area (Å²) in [5.74, 6) is -6.61. The molecule has 2 saturated heterocycles. The van der Waals surface area contributed by atoms with Crippen LogP contribution in [0.1, 0.15) is 121 Å². The van der Waals surface area contributed by atoms with Gasteiger partial charge in [0.2, 0.25) is 57.3 Å². The van der Waals surface area contributed by atoms with Gasteiger partial charge in [0.25, 0.3) is 5.91 Å². The van der Waals surface area contributed by atoms with E-state index in [4.69, 9.17) is 14.2 Å². The van der Waals surface area contributed by atoms with E-state index in [1.165, 1.54) is 19.4 Å². The van der Waals surface area contributed by atoms with Gasteiger partial charge in [-0.2, -0.15) is 0 Å². The van der Waals surface area contributed by atoms with Gasteiger partial charge in [0, 0.05) is 58.2 Å². The van der Waals surface area contributed by atoms with E-state index in [0.29, 0.717) is 46.7 Å². The van der Waals surface area contributed by atoms with E-state index in [1.54, 1.807) is 148 Å². The van der Waals surface area contributed by atoms with Crippen molar-refractivity contribution in [2.75, 3.05) is 40.4 Å². The zero-order chi connectivity index (χ0) is 80.5. The number of hydrogen-bond acceptors (Lipinski definition) is 19. The highest BCUT2D eigenvalue weighted by Crippen LogP contribution is 2.35. The summed E-state index contributed by atoms with van der Waals surface area (Å²) in [4.78, 5) is 151. The first-order chi connectivity index (χ1) is 53.2. The molecule has 598 valence electrons. The molecular weight excluding hydrogens is 1460 g/mol. The van der Waals surface area contributed by atoms with Crippen LogP contribution in [0.2, 0.25) is 0 Å². The van der Waals surface area contributed by atoms with Gasteiger partial charge in [-0.1, -0.05) is 144 Å². The number of fused-ring (bicyclic) bond motifs is 2. The molecule has 31 heteroatoms. The van der Waals surface area contributed by atoms with Crippen LogP contribution in [0.5, 0.6) is 11.5 Å². The minimum absolute atomic E-state index is 0.000516. The normalized spacial score (nSPS) is 23.3. The van der Waals surface area contributed by atoms with Crippen molar-refractivity contribution < 1.29 is 75.7 Å². The van der Waals surface area contributed by atoms with Crippen LogP contribution in [-0.2, 0) is 102 Å². The van der Waals surface area contributed by atoms with Crippen molar-refractivity contribution in [2.45, 2.75) is 198 Å². The van der Waals surface area contributed by atoms with Gasteiger partial charge in [0.1, 0.15) is 78.7 Å². The van der Waals surface area contributed by atoms with E-state index in [1.807, 2.05) is 54.6 Å². The Kier molecular flexibility index (Phi) is 26.0. The summed E-state index contributed by atoms with van der Waals surface area (Å²) < 4.78 is 49.3. The van der Waals surface area contributed by atoms with Crippen LogP contribution in [0.4, 0.5) is 0 Å². The van der Waals surface area contributed by atoms with E-state index < -0.39 is 158 Å². The van der Waals surface area contributed by atoms with Crippen LogP contribution in [0.25, 0.3) is 10.8 Å². The zero-order valence-corrected chi connectivity index (χ0v) is 65.6. The molecule has 5 aromatic carbocycles. The first-order valence-electron chi connectivity index (χ1n) is 38.0. The number of sulfonamides is 1. The lowest BCUT2D eigenvalue weighted by atomic mass is 9.85. The van der Waals surface area contributed by atoms with E-state index in [0.717, 1.165) is 21.9 Å². The molecule has 30 nitrogen and oxygen atoms in total. The van der Waals surface area contributed by atoms with Crippen molar-refractivity contribution in [1.29, 1.82) is 0 Å². The molecule has 8 heterocycles. The fourth-order valence-corrected chi connectivity index (χ4v) is 15.6. The molecule has 9 N–H and O–H groups in total. The molecular formula is C81H102N14O16S. The highest BCUT2D eigenvalue weighted by Gasteiger charge is 2.51. The third-order valence-electron chi connectivity index (χ3n) is 21.3. The smallest absolute Gasteiger partial charge is 0.326 e. The molecule has 7 aliphatic heterocycles. The van der Waals surface area contributed by atoms with Gasteiger partial charge < -0.3 is 71.2 Å². The summed E-state index contributed by atoms with van der Waals surface area (Å²) in [6.45, 7) is 13.6. The second-order valence-electron chi connectivity index (χ2n) is 31.8. The topological polar surface area (TPSA) is 389 Å². The van der Waals surface area contributed by atoms with Gasteiger partial charge in [-0.15, -0.1) is 5.10 Å². The van der Waals surface area contributed by atoms with E-state index in [2.05, 4.69) is 52.3 Å². The average molecular weight is 1560 g/mol. The van der Waals surface area contributed by atoms with Crippen LogP contribution >= 0.6 is 0 Å². The predicted molar refractivity (Wildman–Crippen MR) is 414 cm³/mol. The quantitative estimate of drug-likeness (QED) is 0.0705. The number of carboxylic acid groups (broad SMARTS) is 1. The third kappa shape index (κ3) is 20.4. The summed E-state index contributed by atoms with van der Waals surface area (Å²) in [5.41, 5.74) is 1.65. The van der Waals surface area contributed by atoms with Crippen molar-refractivity contribution in [2.24, 2.45) is 10.8 Å². The number of carbonyl (C=O) groups is 10. The number of likely N-dealkylation sites (tertiary alicyclic amines) is 2. The third-order valence-corrected chi connectivity index (χ3v) is 23.1. The average Bonchev–Trinajstić information content (AvgIpc) is 1.54. The number of hydrogen-bond donors (Lipinski definition) is 9. The molecule has 14 rings (SSSR count). The lowest BCUT2D eigenvalue weighted by molar-refractivity contribution is -0.151. The number of carboxylic acids is 1. The maximum absolute atomic E-state index is 15.7. The van der Waals surface area contributed by atoms with Crippen molar-refractivity contribution in [3.63, 3.8) is 0 Å². The van der Waals surface area contributed by atoms with E-state index in [-0.39, 0.29) is 78.0 Å². The molecule has 3 fully saturated rings. The van der Waals surface area contributed by atoms with Crippen molar-refractivity contribution in [1.82, 2.24) is 71.6 Å². The van der Waals surface area contributed by atoms with E-state index in [9.17, 15) is 37.5 Å². The number of aliphatic carboxylic acids is 1. The van der Waals surface area contributed by atoms with Crippen molar-refractivity contribution in [3.05, 3.63) is 167 Å². The second kappa shape index (κ2) is 35.4. The monoisotopic (exact) mass is 1560 g/mol. The number of ether oxygens (including phenoxy) is 3. The maximum atomic E-state index is 15.7. The Morgan fingerprint density at radius 1 is 0.625 bits per heavy atom. The van der Waals surface area contributed by atoms with Crippen LogP contribution in [0.3, 0.4) is 0 Å². The van der Waals surface area contributed by atoms with E-state index >= 15 is 24.0 Å². The Labute approximate surface area is 651 Å². The number of aromatic nitrogens is 3. The van der Waals surface area contributed by atoms with Crippen molar-refractivity contribution in [3.8, 4) is 11.5 Å². The minimum atomic E-state index is -4.15. The Hall–Kier alpha value is -10.6. The highest BCUT2D eigenvalue weighted by molar-refractivity contribution is 7.91. The molecule has 10 bridgehead atoms. The standard InChI is InChI=1S/C81H102N14O16S/c1-47(82-9)70(96)87-68(80(3,4)5)77(103)93-44-57-40-66(93)75(101)84-62(38-51-21-26-52-17-11-12-18-53(52)35-51)72(98)86-64(79(105)106)37-50-22-27-58(28-23-50)109-33-15-16-34-110-60-41-67(94(45-60)78(104)69(81(6,7)8)88-71(97)48(2)83-10)76(102)92-42-55-20-14-13-19-54(55)39-65(92)74(100)85-63(73(99)90-112(107,108)61-31-32-61)36-49-24-29-59(30-25-49)111-46-56-43-95(57)91-89-56/h11-30,35,43,47-48,57,60-69,82-83H,31-34,36-42,44-46H2,1-10H3,(H,84,101)(H,85,100)(H,86,98)(H,87,96)(H,88,97)(H,90,99)(H,105,106)/b16-15-/t47-,48+,57+,60+,62+,63+,64+,65+,66+,67+,68-,69+/m1/s1. The Bertz CT molecular complexity index is 4610. The number of nitrogens with zero attached hydrogens (tertiary/aromatic N) is 6. The first kappa shape index (κ1) is 82.3. The predicted octanol–water partition coefficient (Wildman–Crippen LogP) is 3.49. The number of nitrogens with one attached hydrogen (secondary N) is 8. The molecule has 12 atom stereocenters. The molecule has 1 aliphatic carbocycles. The number of amides is 9. The fraction of sp³-hybridized carbons (Fsp3) is 0.481. The highest BCUT2D eigenvalue weighted by atomic mass is 32.2. The Morgan fingerprint density at radius 2 is 1.19 bits per heavy atom. The summed E-state index contributed by atoms with van der Waals surface area (Å²) >= 11 is 0. The van der Waals surface area contributed by atoms with Crippen LogP contribution < -0.4 is 51.4 Å². The number of benzene rings is 5. The lowest BCUT2D eigenvalue weighted by Gasteiger charge is -2.40. The number of carbonyl (C=O) groups excluding carboxylic acids is 9. The summed E-state index contributed by atoms with van der Waals surface area (Å²) in [6, 6.07) is 20.9. The van der Waals surface area contributed by atoms with Gasteiger partial charge >= 0.3 is 5.97 Å². The van der Waals surface area contributed by atoms with Gasteiger partial charge in [-0.25, -0.2) is 17.9 Å². The van der Waals surface area contributed by atoms with Gasteiger partial charge in [0.05, 0.1) is 42.3 Å².